The molecule has 0 bridgehead atoms. The third-order valence-corrected chi connectivity index (χ3v) is 7.22. The number of para-hydroxylation sites is 1. The number of rotatable bonds is 7. The number of hydrogen-bond donors (Lipinski definition) is 1. The summed E-state index contributed by atoms with van der Waals surface area (Å²) in [5, 5.41) is 15.4. The molecule has 156 valence electrons. The van der Waals surface area contributed by atoms with Crippen LogP contribution in [0.15, 0.2) is 59.6 Å². The van der Waals surface area contributed by atoms with E-state index in [1.54, 1.807) is 6.20 Å². The van der Waals surface area contributed by atoms with Crippen LogP contribution in [-0.2, 0) is 16.4 Å². The highest BCUT2D eigenvalue weighted by atomic mass is 32.2. The van der Waals surface area contributed by atoms with E-state index in [9.17, 15) is 18.5 Å². The zero-order chi connectivity index (χ0) is 21.1. The van der Waals surface area contributed by atoms with Crippen LogP contribution in [-0.4, -0.2) is 42.3 Å². The maximum atomic E-state index is 13.1. The van der Waals surface area contributed by atoms with Crippen molar-refractivity contribution in [3.8, 4) is 0 Å². The number of benzene rings is 2. The molecule has 2 heterocycles. The van der Waals surface area contributed by atoms with Crippen molar-refractivity contribution in [1.82, 2.24) is 9.29 Å². The summed E-state index contributed by atoms with van der Waals surface area (Å²) in [7, 11) is -3.80. The Morgan fingerprint density at radius 3 is 2.63 bits per heavy atom. The molecular formula is C21H22N4O4S. The van der Waals surface area contributed by atoms with Gasteiger partial charge in [-0.3, -0.25) is 15.1 Å². The molecule has 1 aliphatic heterocycles. The Bertz CT molecular complexity index is 1190. The first-order chi connectivity index (χ1) is 14.5. The number of nitrogens with one attached hydrogen (secondary N) is 1. The van der Waals surface area contributed by atoms with Crippen LogP contribution in [0.25, 0.3) is 10.9 Å². The molecule has 3 aromatic rings. The highest BCUT2D eigenvalue weighted by molar-refractivity contribution is 7.89. The van der Waals surface area contributed by atoms with Crippen LogP contribution in [0.3, 0.4) is 0 Å². The third-order valence-electron chi connectivity index (χ3n) is 5.28. The van der Waals surface area contributed by atoms with Crippen molar-refractivity contribution >= 4 is 32.3 Å². The van der Waals surface area contributed by atoms with Gasteiger partial charge in [0, 0.05) is 43.4 Å². The van der Waals surface area contributed by atoms with Gasteiger partial charge in [-0.1, -0.05) is 24.3 Å². The molecule has 1 aliphatic rings. The summed E-state index contributed by atoms with van der Waals surface area (Å²) < 4.78 is 27.6. The van der Waals surface area contributed by atoms with Crippen LogP contribution in [0.5, 0.6) is 0 Å². The lowest BCUT2D eigenvalue weighted by Gasteiger charge is -2.19. The van der Waals surface area contributed by atoms with Crippen molar-refractivity contribution in [2.24, 2.45) is 0 Å². The topological polar surface area (TPSA) is 105 Å². The van der Waals surface area contributed by atoms with Crippen molar-refractivity contribution in [2.75, 3.05) is 25.0 Å². The van der Waals surface area contributed by atoms with Gasteiger partial charge in [0.25, 0.3) is 5.69 Å². The van der Waals surface area contributed by atoms with Crippen LogP contribution in [0.1, 0.15) is 18.4 Å². The van der Waals surface area contributed by atoms with E-state index in [-0.39, 0.29) is 10.6 Å². The zero-order valence-corrected chi connectivity index (χ0v) is 17.1. The number of hydrogen-bond acceptors (Lipinski definition) is 6. The Labute approximate surface area is 174 Å². The number of anilines is 1. The van der Waals surface area contributed by atoms with Crippen LogP contribution < -0.4 is 5.32 Å². The fraction of sp³-hybridized carbons (Fsp3) is 0.286. The van der Waals surface area contributed by atoms with E-state index in [0.29, 0.717) is 31.7 Å². The van der Waals surface area contributed by atoms with Crippen molar-refractivity contribution in [3.05, 3.63) is 70.4 Å². The number of pyridine rings is 1. The average Bonchev–Trinajstić information content (AvgIpc) is 3.30. The molecule has 1 aromatic heterocycles. The second-order valence-corrected chi connectivity index (χ2v) is 9.12. The summed E-state index contributed by atoms with van der Waals surface area (Å²) in [6.07, 6.45) is 3.97. The predicted molar refractivity (Wildman–Crippen MR) is 115 cm³/mol. The number of nitro benzene ring substituents is 1. The second kappa shape index (κ2) is 8.37. The molecule has 0 saturated carbocycles. The van der Waals surface area contributed by atoms with Crippen LogP contribution in [0.4, 0.5) is 11.4 Å². The highest BCUT2D eigenvalue weighted by Crippen LogP contribution is 2.31. The summed E-state index contributed by atoms with van der Waals surface area (Å²) in [5.74, 6) is 0. The monoisotopic (exact) mass is 426 g/mol. The smallest absolute Gasteiger partial charge is 0.270 e. The molecule has 0 radical (unpaired) electrons. The lowest BCUT2D eigenvalue weighted by Crippen LogP contribution is -2.28. The molecular weight excluding hydrogens is 404 g/mol. The summed E-state index contributed by atoms with van der Waals surface area (Å²) in [5.41, 5.74) is 2.10. The van der Waals surface area contributed by atoms with Crippen LogP contribution in [0.2, 0.25) is 0 Å². The number of nitrogens with zero attached hydrogens (tertiary/aromatic N) is 3. The number of fused-ring (bicyclic) bond motifs is 1. The van der Waals surface area contributed by atoms with Gasteiger partial charge < -0.3 is 5.32 Å². The van der Waals surface area contributed by atoms with Gasteiger partial charge in [0.15, 0.2) is 0 Å². The first-order valence-corrected chi connectivity index (χ1v) is 11.3. The molecule has 0 atom stereocenters. The molecule has 9 heteroatoms. The van der Waals surface area contributed by atoms with Gasteiger partial charge in [-0.2, -0.15) is 4.31 Å². The number of non-ortho nitro benzene ring substituents is 1. The lowest BCUT2D eigenvalue weighted by atomic mass is 10.1. The Morgan fingerprint density at radius 2 is 1.87 bits per heavy atom. The Kier molecular flexibility index (Phi) is 5.65. The standard InChI is InChI=1S/C21H22N4O4S/c26-25(27)18-8-9-19(20(15-18)30(28,29)24-13-1-2-14-24)22-12-10-17-6-3-5-16-7-4-11-23-21(16)17/h3-9,11,15,22H,1-2,10,12-14H2. The maximum absolute atomic E-state index is 13.1. The molecule has 1 N–H and O–H groups in total. The van der Waals surface area contributed by atoms with Gasteiger partial charge in [-0.15, -0.1) is 0 Å². The van der Waals surface area contributed by atoms with Crippen molar-refractivity contribution in [2.45, 2.75) is 24.2 Å². The molecule has 0 spiro atoms. The SMILES string of the molecule is O=[N+]([O-])c1ccc(NCCc2cccc3cccnc23)c(S(=O)(=O)N2CCCC2)c1. The minimum atomic E-state index is -3.80. The summed E-state index contributed by atoms with van der Waals surface area (Å²) in [4.78, 5) is 15.0. The first-order valence-electron chi connectivity index (χ1n) is 9.82. The predicted octanol–water partition coefficient (Wildman–Crippen LogP) is 3.58. The molecule has 1 saturated heterocycles. The van der Waals surface area contributed by atoms with Crippen molar-refractivity contribution < 1.29 is 13.3 Å². The summed E-state index contributed by atoms with van der Waals surface area (Å²) in [6.45, 7) is 1.34. The summed E-state index contributed by atoms with van der Waals surface area (Å²) >= 11 is 0. The fourth-order valence-corrected chi connectivity index (χ4v) is 5.46. The number of nitro groups is 1. The van der Waals surface area contributed by atoms with E-state index in [4.69, 9.17) is 0 Å². The van der Waals surface area contributed by atoms with Gasteiger partial charge in [0.2, 0.25) is 10.0 Å². The molecule has 0 aliphatic carbocycles. The van der Waals surface area contributed by atoms with E-state index in [0.717, 1.165) is 35.4 Å². The van der Waals surface area contributed by atoms with Gasteiger partial charge in [0.1, 0.15) is 4.90 Å². The van der Waals surface area contributed by atoms with Gasteiger partial charge in [-0.05, 0) is 37.0 Å². The second-order valence-electron chi connectivity index (χ2n) is 7.22. The molecule has 8 nitrogen and oxygen atoms in total. The molecule has 4 rings (SSSR count). The Morgan fingerprint density at radius 1 is 1.10 bits per heavy atom. The number of sulfonamides is 1. The van der Waals surface area contributed by atoms with E-state index in [2.05, 4.69) is 10.3 Å². The fourth-order valence-electron chi connectivity index (χ4n) is 3.75. The number of aromatic nitrogens is 1. The van der Waals surface area contributed by atoms with Gasteiger partial charge in [-0.25, -0.2) is 8.42 Å². The Balaban J connectivity index is 1.60. The zero-order valence-electron chi connectivity index (χ0n) is 16.3. The van der Waals surface area contributed by atoms with E-state index >= 15 is 0 Å². The van der Waals surface area contributed by atoms with Crippen LogP contribution in [0, 0.1) is 10.1 Å². The highest BCUT2D eigenvalue weighted by Gasteiger charge is 2.30. The largest absolute Gasteiger partial charge is 0.384 e. The minimum Gasteiger partial charge on any atom is -0.384 e. The molecule has 2 aromatic carbocycles. The quantitative estimate of drug-likeness (QED) is 0.457. The van der Waals surface area contributed by atoms with Gasteiger partial charge >= 0.3 is 0 Å². The lowest BCUT2D eigenvalue weighted by molar-refractivity contribution is -0.385. The van der Waals surface area contributed by atoms with E-state index < -0.39 is 14.9 Å². The molecule has 0 amide bonds. The normalized spacial score (nSPS) is 14.8. The van der Waals surface area contributed by atoms with Crippen LogP contribution >= 0.6 is 0 Å². The molecule has 30 heavy (non-hydrogen) atoms. The van der Waals surface area contributed by atoms with Crippen molar-refractivity contribution in [3.63, 3.8) is 0 Å². The summed E-state index contributed by atoms with van der Waals surface area (Å²) in [6, 6.07) is 13.8. The maximum Gasteiger partial charge on any atom is 0.270 e. The first kappa shape index (κ1) is 20.2. The Hall–Kier alpha value is -3.04. The van der Waals surface area contributed by atoms with E-state index in [1.165, 1.54) is 16.4 Å². The van der Waals surface area contributed by atoms with Gasteiger partial charge in [0.05, 0.1) is 16.1 Å². The average molecular weight is 426 g/mol. The van der Waals surface area contributed by atoms with E-state index in [1.807, 2.05) is 30.3 Å². The molecule has 0 unspecified atom stereocenters. The van der Waals surface area contributed by atoms with Crippen molar-refractivity contribution in [1.29, 1.82) is 0 Å². The third kappa shape index (κ3) is 3.99. The minimum absolute atomic E-state index is 0.0466. The molecule has 1 fully saturated rings.